The van der Waals surface area contributed by atoms with Gasteiger partial charge in [0.2, 0.25) is 5.91 Å². The quantitative estimate of drug-likeness (QED) is 0.765. The smallest absolute Gasteiger partial charge is 0.239 e. The number of carbonyl (C=O) groups excluding carboxylic acids is 1. The minimum absolute atomic E-state index is 0.0649. The van der Waals surface area contributed by atoms with Crippen LogP contribution in [0.5, 0.6) is 5.75 Å². The van der Waals surface area contributed by atoms with E-state index in [1.54, 1.807) is 17.8 Å². The van der Waals surface area contributed by atoms with Gasteiger partial charge in [-0.05, 0) is 29.2 Å². The highest BCUT2D eigenvalue weighted by molar-refractivity contribution is 8.01. The maximum atomic E-state index is 12.5. The first-order chi connectivity index (χ1) is 11.3. The number of thioether (sulfide) groups is 1. The van der Waals surface area contributed by atoms with Crippen LogP contribution in [0.3, 0.4) is 0 Å². The van der Waals surface area contributed by atoms with Crippen molar-refractivity contribution in [1.82, 2.24) is 0 Å². The standard InChI is InChI=1S/C19H22N2O2S/c1-19(2,3)13-9-8-12(10-15(13)22)21-18(23)17-11-20-14-6-4-5-7-16(14)24-17/h4-10,17,20,22H,11H2,1-3H3,(H,21,23)/t17-/m0/s1. The third-order valence-corrected chi connectivity index (χ3v) is 5.28. The summed E-state index contributed by atoms with van der Waals surface area (Å²) in [7, 11) is 0. The van der Waals surface area contributed by atoms with Gasteiger partial charge in [0, 0.05) is 28.9 Å². The summed E-state index contributed by atoms with van der Waals surface area (Å²) in [5.74, 6) is 0.143. The Labute approximate surface area is 146 Å². The van der Waals surface area contributed by atoms with E-state index in [0.717, 1.165) is 16.1 Å². The predicted molar refractivity (Wildman–Crippen MR) is 100 cm³/mol. The van der Waals surface area contributed by atoms with Crippen molar-refractivity contribution in [3.63, 3.8) is 0 Å². The number of fused-ring (bicyclic) bond motifs is 1. The number of hydrogen-bond acceptors (Lipinski definition) is 4. The molecule has 1 atom stereocenters. The molecule has 126 valence electrons. The Bertz CT molecular complexity index is 768. The fraction of sp³-hybridized carbons (Fsp3) is 0.316. The summed E-state index contributed by atoms with van der Waals surface area (Å²) in [5, 5.41) is 16.2. The van der Waals surface area contributed by atoms with Crippen LogP contribution in [0.25, 0.3) is 0 Å². The molecule has 1 heterocycles. The summed E-state index contributed by atoms with van der Waals surface area (Å²) in [6.07, 6.45) is 0. The normalized spacial score (nSPS) is 16.9. The number of rotatable bonds is 2. The van der Waals surface area contributed by atoms with Crippen molar-refractivity contribution >= 4 is 29.0 Å². The average Bonchev–Trinajstić information content (AvgIpc) is 2.53. The van der Waals surface area contributed by atoms with Crippen molar-refractivity contribution in [2.45, 2.75) is 36.3 Å². The van der Waals surface area contributed by atoms with Gasteiger partial charge >= 0.3 is 0 Å². The van der Waals surface area contributed by atoms with E-state index in [1.807, 2.05) is 57.2 Å². The fourth-order valence-electron chi connectivity index (χ4n) is 2.73. The lowest BCUT2D eigenvalue weighted by molar-refractivity contribution is -0.115. The van der Waals surface area contributed by atoms with Gasteiger partial charge in [0.15, 0.2) is 0 Å². The summed E-state index contributed by atoms with van der Waals surface area (Å²) in [4.78, 5) is 13.6. The SMILES string of the molecule is CC(C)(C)c1ccc(NC(=O)[C@@H]2CNc3ccccc3S2)cc1O. The molecule has 0 fully saturated rings. The lowest BCUT2D eigenvalue weighted by Crippen LogP contribution is -2.33. The van der Waals surface area contributed by atoms with Crippen LogP contribution in [0.4, 0.5) is 11.4 Å². The average molecular weight is 342 g/mol. The molecule has 0 spiro atoms. The minimum atomic E-state index is -0.204. The topological polar surface area (TPSA) is 61.4 Å². The maximum absolute atomic E-state index is 12.5. The number of hydrogen-bond donors (Lipinski definition) is 3. The largest absolute Gasteiger partial charge is 0.508 e. The molecule has 24 heavy (non-hydrogen) atoms. The van der Waals surface area contributed by atoms with E-state index < -0.39 is 0 Å². The number of phenolic OH excluding ortho intramolecular Hbond substituents is 1. The van der Waals surface area contributed by atoms with Crippen LogP contribution in [-0.4, -0.2) is 22.8 Å². The van der Waals surface area contributed by atoms with E-state index in [-0.39, 0.29) is 22.3 Å². The number of benzene rings is 2. The van der Waals surface area contributed by atoms with Gasteiger partial charge in [-0.15, -0.1) is 11.8 Å². The summed E-state index contributed by atoms with van der Waals surface area (Å²) in [6, 6.07) is 13.3. The van der Waals surface area contributed by atoms with Crippen LogP contribution in [0.2, 0.25) is 0 Å². The monoisotopic (exact) mass is 342 g/mol. The Balaban J connectivity index is 1.71. The van der Waals surface area contributed by atoms with Crippen molar-refractivity contribution in [3.05, 3.63) is 48.0 Å². The summed E-state index contributed by atoms with van der Waals surface area (Å²) < 4.78 is 0. The van der Waals surface area contributed by atoms with Crippen LogP contribution in [-0.2, 0) is 10.2 Å². The lowest BCUT2D eigenvalue weighted by Gasteiger charge is -2.25. The second-order valence-corrected chi connectivity index (χ2v) is 8.20. The van der Waals surface area contributed by atoms with Crippen LogP contribution >= 0.6 is 11.8 Å². The number of carbonyl (C=O) groups is 1. The summed E-state index contributed by atoms with van der Waals surface area (Å²) in [5.41, 5.74) is 2.41. The number of aromatic hydroxyl groups is 1. The van der Waals surface area contributed by atoms with Crippen LogP contribution < -0.4 is 10.6 Å². The number of anilines is 2. The molecular formula is C19H22N2O2S. The summed E-state index contributed by atoms with van der Waals surface area (Å²) in [6.45, 7) is 6.71. The number of amides is 1. The molecule has 0 bridgehead atoms. The molecule has 0 aromatic heterocycles. The van der Waals surface area contributed by atoms with Gasteiger partial charge in [-0.1, -0.05) is 39.0 Å². The maximum Gasteiger partial charge on any atom is 0.239 e. The Morgan fingerprint density at radius 3 is 2.71 bits per heavy atom. The molecule has 1 amide bonds. The van der Waals surface area contributed by atoms with Crippen molar-refractivity contribution in [2.24, 2.45) is 0 Å². The highest BCUT2D eigenvalue weighted by atomic mass is 32.2. The number of para-hydroxylation sites is 1. The van der Waals surface area contributed by atoms with Crippen molar-refractivity contribution in [2.75, 3.05) is 17.2 Å². The number of phenols is 1. The first-order valence-corrected chi connectivity index (χ1v) is 8.86. The number of nitrogens with one attached hydrogen (secondary N) is 2. The van der Waals surface area contributed by atoms with Gasteiger partial charge in [-0.2, -0.15) is 0 Å². The van der Waals surface area contributed by atoms with E-state index in [9.17, 15) is 9.90 Å². The highest BCUT2D eigenvalue weighted by Gasteiger charge is 2.25. The Hall–Kier alpha value is -2.14. The molecule has 0 unspecified atom stereocenters. The van der Waals surface area contributed by atoms with Gasteiger partial charge in [0.05, 0.1) is 0 Å². The Morgan fingerprint density at radius 1 is 1.25 bits per heavy atom. The molecule has 4 nitrogen and oxygen atoms in total. The second-order valence-electron chi connectivity index (χ2n) is 6.95. The molecule has 0 saturated carbocycles. The molecule has 3 rings (SSSR count). The molecule has 2 aromatic carbocycles. The Morgan fingerprint density at radius 2 is 2.00 bits per heavy atom. The minimum Gasteiger partial charge on any atom is -0.508 e. The molecule has 3 N–H and O–H groups in total. The van der Waals surface area contributed by atoms with E-state index >= 15 is 0 Å². The molecule has 0 saturated heterocycles. The Kier molecular flexibility index (Phi) is 4.45. The molecule has 2 aromatic rings. The van der Waals surface area contributed by atoms with E-state index in [4.69, 9.17) is 0 Å². The molecular weight excluding hydrogens is 320 g/mol. The van der Waals surface area contributed by atoms with Gasteiger partial charge in [-0.25, -0.2) is 0 Å². The van der Waals surface area contributed by atoms with Gasteiger partial charge < -0.3 is 15.7 Å². The van der Waals surface area contributed by atoms with E-state index in [2.05, 4.69) is 10.6 Å². The van der Waals surface area contributed by atoms with Crippen molar-refractivity contribution in [1.29, 1.82) is 0 Å². The van der Waals surface area contributed by atoms with Crippen LogP contribution in [0.15, 0.2) is 47.4 Å². The first kappa shape index (κ1) is 16.7. The van der Waals surface area contributed by atoms with Gasteiger partial charge in [0.1, 0.15) is 11.0 Å². The third kappa shape index (κ3) is 3.51. The second kappa shape index (κ2) is 6.40. The molecule has 5 heteroatoms. The lowest BCUT2D eigenvalue weighted by atomic mass is 9.86. The van der Waals surface area contributed by atoms with Crippen LogP contribution in [0, 0.1) is 0 Å². The highest BCUT2D eigenvalue weighted by Crippen LogP contribution is 2.36. The zero-order valence-electron chi connectivity index (χ0n) is 14.1. The van der Waals surface area contributed by atoms with E-state index in [1.165, 1.54) is 0 Å². The fourth-order valence-corrected chi connectivity index (χ4v) is 3.79. The van der Waals surface area contributed by atoms with Crippen molar-refractivity contribution < 1.29 is 9.90 Å². The third-order valence-electron chi connectivity index (χ3n) is 4.00. The molecule has 0 radical (unpaired) electrons. The van der Waals surface area contributed by atoms with Crippen molar-refractivity contribution in [3.8, 4) is 5.75 Å². The zero-order valence-corrected chi connectivity index (χ0v) is 14.9. The zero-order chi connectivity index (χ0) is 17.3. The van der Waals surface area contributed by atoms with Gasteiger partial charge in [0.25, 0.3) is 0 Å². The summed E-state index contributed by atoms with van der Waals surface area (Å²) >= 11 is 1.56. The first-order valence-electron chi connectivity index (χ1n) is 7.98. The molecule has 1 aliphatic heterocycles. The molecule has 0 aliphatic carbocycles. The molecule has 1 aliphatic rings. The van der Waals surface area contributed by atoms with E-state index in [0.29, 0.717) is 12.2 Å². The van der Waals surface area contributed by atoms with Gasteiger partial charge in [-0.3, -0.25) is 4.79 Å². The van der Waals surface area contributed by atoms with Crippen LogP contribution in [0.1, 0.15) is 26.3 Å². The predicted octanol–water partition coefficient (Wildman–Crippen LogP) is 4.21.